The Morgan fingerprint density at radius 2 is 1.84 bits per heavy atom. The largest absolute Gasteiger partial charge is 0.457 e. The zero-order valence-corrected chi connectivity index (χ0v) is 19.3. The van der Waals surface area contributed by atoms with E-state index in [1.54, 1.807) is 18.2 Å². The van der Waals surface area contributed by atoms with E-state index in [2.05, 4.69) is 41.7 Å². The van der Waals surface area contributed by atoms with Crippen LogP contribution in [0.3, 0.4) is 0 Å². The second kappa shape index (κ2) is 10.5. The molecule has 0 aliphatic carbocycles. The Bertz CT molecular complexity index is 1250. The molecule has 0 amide bonds. The van der Waals surface area contributed by atoms with Crippen molar-refractivity contribution in [1.82, 2.24) is 4.72 Å². The Morgan fingerprint density at radius 3 is 2.53 bits per heavy atom. The molecule has 8 heteroatoms. The lowest BCUT2D eigenvalue weighted by Gasteiger charge is -2.21. The van der Waals surface area contributed by atoms with Crippen LogP contribution in [0.25, 0.3) is 28.2 Å². The number of ether oxygens (including phenoxy) is 1. The van der Waals surface area contributed by atoms with Crippen LogP contribution in [0.15, 0.2) is 57.9 Å². The third-order valence-corrected chi connectivity index (χ3v) is 6.51. The maximum Gasteiger partial charge on any atom is 0.250 e. The summed E-state index contributed by atoms with van der Waals surface area (Å²) in [7, 11) is -2.47. The molecule has 0 saturated carbocycles. The van der Waals surface area contributed by atoms with Gasteiger partial charge in [-0.05, 0) is 55.0 Å². The molecular weight excluding hydrogens is 426 g/mol. The van der Waals surface area contributed by atoms with Crippen LogP contribution in [0.4, 0.5) is 5.69 Å². The van der Waals surface area contributed by atoms with Crippen molar-refractivity contribution < 1.29 is 17.6 Å². The van der Waals surface area contributed by atoms with Gasteiger partial charge in [0.15, 0.2) is 4.91 Å². The molecule has 3 aromatic rings. The van der Waals surface area contributed by atoms with Crippen LogP contribution in [-0.2, 0) is 14.8 Å². The van der Waals surface area contributed by atoms with Crippen molar-refractivity contribution in [3.63, 3.8) is 0 Å². The Labute approximate surface area is 189 Å². The average Bonchev–Trinajstić information content (AvgIpc) is 3.26. The monoisotopic (exact) mass is 453 g/mol. The lowest BCUT2D eigenvalue weighted by molar-refractivity contribution is 0.204. The Balaban J connectivity index is 1.86. The average molecular weight is 454 g/mol. The minimum atomic E-state index is -3.94. The lowest BCUT2D eigenvalue weighted by Crippen LogP contribution is -2.27. The van der Waals surface area contributed by atoms with Crippen molar-refractivity contribution in [1.29, 1.82) is 5.26 Å². The number of rotatable bonds is 10. The van der Waals surface area contributed by atoms with Gasteiger partial charge in [0.2, 0.25) is 0 Å². The van der Waals surface area contributed by atoms with E-state index in [9.17, 15) is 13.7 Å². The van der Waals surface area contributed by atoms with Crippen molar-refractivity contribution in [2.45, 2.75) is 13.8 Å². The van der Waals surface area contributed by atoms with E-state index >= 15 is 0 Å². The molecule has 0 spiro atoms. The van der Waals surface area contributed by atoms with Crippen LogP contribution >= 0.6 is 0 Å². The molecule has 7 nitrogen and oxygen atoms in total. The first-order chi connectivity index (χ1) is 15.4. The highest BCUT2D eigenvalue weighted by atomic mass is 32.2. The van der Waals surface area contributed by atoms with Gasteiger partial charge in [0.05, 0.1) is 6.61 Å². The van der Waals surface area contributed by atoms with E-state index in [1.807, 2.05) is 18.2 Å². The van der Waals surface area contributed by atoms with E-state index in [0.29, 0.717) is 5.76 Å². The molecule has 0 saturated heterocycles. The van der Waals surface area contributed by atoms with Gasteiger partial charge < -0.3 is 14.1 Å². The zero-order valence-electron chi connectivity index (χ0n) is 18.5. The molecule has 2 aromatic carbocycles. The fourth-order valence-electron chi connectivity index (χ4n) is 3.41. The predicted molar refractivity (Wildman–Crippen MR) is 128 cm³/mol. The summed E-state index contributed by atoms with van der Waals surface area (Å²) in [6, 6.07) is 17.5. The van der Waals surface area contributed by atoms with Gasteiger partial charge in [-0.1, -0.05) is 18.2 Å². The van der Waals surface area contributed by atoms with Gasteiger partial charge in [-0.15, -0.1) is 0 Å². The maximum absolute atomic E-state index is 12.3. The van der Waals surface area contributed by atoms with Crippen LogP contribution < -0.4 is 9.62 Å². The summed E-state index contributed by atoms with van der Waals surface area (Å²) in [6.07, 6.45) is 1.22. The number of allylic oxidation sites excluding steroid dienone is 1. The molecule has 0 aliphatic heterocycles. The van der Waals surface area contributed by atoms with Gasteiger partial charge in [-0.2, -0.15) is 5.26 Å². The summed E-state index contributed by atoms with van der Waals surface area (Å²) in [4.78, 5) is 1.88. The molecule has 1 heterocycles. The molecule has 0 atom stereocenters. The number of nitrogens with zero attached hydrogens (tertiary/aromatic N) is 2. The zero-order chi connectivity index (χ0) is 23.1. The van der Waals surface area contributed by atoms with Crippen LogP contribution in [0.1, 0.15) is 19.6 Å². The number of nitrogens with one attached hydrogen (secondary N) is 1. The summed E-state index contributed by atoms with van der Waals surface area (Å²) >= 11 is 0. The number of hydrogen-bond acceptors (Lipinski definition) is 6. The second-order valence-electron chi connectivity index (χ2n) is 7.13. The predicted octanol–water partition coefficient (Wildman–Crippen LogP) is 4.38. The summed E-state index contributed by atoms with van der Waals surface area (Å²) in [5.74, 6) is 0.874. The highest BCUT2D eigenvalue weighted by Gasteiger charge is 2.18. The van der Waals surface area contributed by atoms with Gasteiger partial charge >= 0.3 is 0 Å². The van der Waals surface area contributed by atoms with Gasteiger partial charge in [0, 0.05) is 44.1 Å². The van der Waals surface area contributed by atoms with Crippen LogP contribution in [0, 0.1) is 11.3 Å². The quantitative estimate of drug-likeness (QED) is 0.362. The molecule has 3 rings (SSSR count). The number of sulfonamides is 1. The van der Waals surface area contributed by atoms with E-state index in [1.165, 1.54) is 18.9 Å². The molecular formula is C24H27N3O4S. The lowest BCUT2D eigenvalue weighted by atomic mass is 10.0. The van der Waals surface area contributed by atoms with Crippen molar-refractivity contribution in [2.24, 2.45) is 0 Å². The molecule has 1 aromatic heterocycles. The van der Waals surface area contributed by atoms with Crippen molar-refractivity contribution in [2.75, 3.05) is 38.3 Å². The summed E-state index contributed by atoms with van der Waals surface area (Å²) < 4.78 is 37.5. The molecule has 0 unspecified atom stereocenters. The second-order valence-corrected chi connectivity index (χ2v) is 8.87. The molecule has 0 aliphatic rings. The van der Waals surface area contributed by atoms with Gasteiger partial charge in [0.25, 0.3) is 10.0 Å². The molecule has 168 valence electrons. The Kier molecular flexibility index (Phi) is 7.70. The number of fused-ring (bicyclic) bond motifs is 1. The number of methoxy groups -OCH3 is 1. The first kappa shape index (κ1) is 23.5. The fourth-order valence-corrected chi connectivity index (χ4v) is 4.31. The van der Waals surface area contributed by atoms with Crippen molar-refractivity contribution in [3.8, 4) is 17.4 Å². The number of anilines is 1. The standard InChI is InChI=1S/C24H27N3O4S/c1-4-27(5-2)21-9-8-18-14-20(7-6-19(18)15-21)24-11-10-22(31-24)16-23(17-25)32(28,29)26-12-13-30-3/h6-11,14-16,26H,4-5,12-13H2,1-3H3/b23-16+. The molecule has 1 N–H and O–H groups in total. The molecule has 32 heavy (non-hydrogen) atoms. The van der Waals surface area contributed by atoms with E-state index in [-0.39, 0.29) is 18.9 Å². The topological polar surface area (TPSA) is 95.6 Å². The Morgan fingerprint density at radius 1 is 1.12 bits per heavy atom. The van der Waals surface area contributed by atoms with Gasteiger partial charge in [-0.3, -0.25) is 0 Å². The van der Waals surface area contributed by atoms with Crippen molar-refractivity contribution >= 4 is 32.6 Å². The third-order valence-electron chi connectivity index (χ3n) is 5.14. The van der Waals surface area contributed by atoms with Crippen LogP contribution in [0.2, 0.25) is 0 Å². The molecule has 0 fully saturated rings. The van der Waals surface area contributed by atoms with Gasteiger partial charge in [-0.25, -0.2) is 13.1 Å². The van der Waals surface area contributed by atoms with Crippen molar-refractivity contribution in [3.05, 3.63) is 59.2 Å². The third kappa shape index (κ3) is 5.37. The minimum absolute atomic E-state index is 0.0777. The first-order valence-electron chi connectivity index (χ1n) is 10.4. The van der Waals surface area contributed by atoms with E-state index < -0.39 is 14.9 Å². The summed E-state index contributed by atoms with van der Waals surface area (Å²) in [6.45, 7) is 6.46. The number of hydrogen-bond donors (Lipinski definition) is 1. The van der Waals surface area contributed by atoms with Crippen LogP contribution in [0.5, 0.6) is 0 Å². The highest BCUT2D eigenvalue weighted by molar-refractivity contribution is 7.93. The summed E-state index contributed by atoms with van der Waals surface area (Å²) in [5, 5.41) is 11.5. The van der Waals surface area contributed by atoms with E-state index in [4.69, 9.17) is 9.15 Å². The SMILES string of the molecule is CCN(CC)c1ccc2cc(-c3ccc(/C=C(\C#N)S(=O)(=O)NCCOC)o3)ccc2c1. The van der Waals surface area contributed by atoms with Crippen LogP contribution in [-0.4, -0.2) is 41.8 Å². The molecule has 0 bridgehead atoms. The fraction of sp³-hybridized carbons (Fsp3) is 0.292. The number of nitriles is 1. The number of benzene rings is 2. The highest BCUT2D eigenvalue weighted by Crippen LogP contribution is 2.29. The summed E-state index contributed by atoms with van der Waals surface area (Å²) in [5.41, 5.74) is 2.05. The normalized spacial score (nSPS) is 12.1. The minimum Gasteiger partial charge on any atom is -0.457 e. The van der Waals surface area contributed by atoms with Gasteiger partial charge in [0.1, 0.15) is 17.6 Å². The number of furan rings is 1. The smallest absolute Gasteiger partial charge is 0.250 e. The Hall–Kier alpha value is -3.12. The molecule has 0 radical (unpaired) electrons. The first-order valence-corrected chi connectivity index (χ1v) is 11.9. The maximum atomic E-state index is 12.3. The van der Waals surface area contributed by atoms with E-state index in [0.717, 1.165) is 29.4 Å².